The van der Waals surface area contributed by atoms with Crippen LogP contribution in [0.25, 0.3) is 0 Å². The highest BCUT2D eigenvalue weighted by Gasteiger charge is 2.15. The fraction of sp³-hybridized carbons (Fsp3) is 0.731. The molecule has 0 saturated heterocycles. The van der Waals surface area contributed by atoms with Gasteiger partial charge in [0.15, 0.2) is 5.78 Å². The van der Waals surface area contributed by atoms with Crippen LogP contribution in [0.2, 0.25) is 0 Å². The van der Waals surface area contributed by atoms with Crippen molar-refractivity contribution in [1.82, 2.24) is 5.32 Å². The van der Waals surface area contributed by atoms with Crippen LogP contribution in [0.1, 0.15) is 107 Å². The Balaban J connectivity index is 1.91. The summed E-state index contributed by atoms with van der Waals surface area (Å²) < 4.78 is 0. The van der Waals surface area contributed by atoms with E-state index in [1.165, 1.54) is 64.2 Å². The Bertz CT molecular complexity index is 520. The third-order valence-electron chi connectivity index (χ3n) is 5.80. The third kappa shape index (κ3) is 13.9. The lowest BCUT2D eigenvalue weighted by Gasteiger charge is -2.18. The Hall–Kier alpha value is -1.23. The molecule has 1 rings (SSSR count). The van der Waals surface area contributed by atoms with Gasteiger partial charge in [0.25, 0.3) is 0 Å². The monoisotopic (exact) mass is 419 g/mol. The van der Waals surface area contributed by atoms with Crippen molar-refractivity contribution in [2.75, 3.05) is 13.1 Å². The number of Topliss-reactive ketones (excluding diaryl/α,β-unsaturated/α-hetero) is 1. The molecular formula is C26H45NO3. The average Bonchev–Trinajstić information content (AvgIpc) is 2.77. The van der Waals surface area contributed by atoms with Crippen LogP contribution >= 0.6 is 0 Å². The van der Waals surface area contributed by atoms with Crippen molar-refractivity contribution in [3.8, 4) is 0 Å². The Morgan fingerprint density at radius 2 is 1.27 bits per heavy atom. The molecule has 0 bridgehead atoms. The minimum absolute atomic E-state index is 0.0436. The van der Waals surface area contributed by atoms with E-state index in [4.69, 9.17) is 0 Å². The zero-order chi connectivity index (χ0) is 21.9. The van der Waals surface area contributed by atoms with Crippen LogP contribution in [0.4, 0.5) is 0 Å². The number of rotatable bonds is 20. The van der Waals surface area contributed by atoms with Crippen molar-refractivity contribution in [3.05, 3.63) is 35.9 Å². The summed E-state index contributed by atoms with van der Waals surface area (Å²) in [4.78, 5) is 12.0. The van der Waals surface area contributed by atoms with Crippen LogP contribution in [-0.4, -0.2) is 41.3 Å². The van der Waals surface area contributed by atoms with E-state index < -0.39 is 12.2 Å². The van der Waals surface area contributed by atoms with E-state index in [1.807, 2.05) is 18.2 Å². The number of aliphatic hydroxyl groups is 2. The molecule has 0 spiro atoms. The number of benzene rings is 1. The van der Waals surface area contributed by atoms with E-state index >= 15 is 0 Å². The molecule has 172 valence electrons. The summed E-state index contributed by atoms with van der Waals surface area (Å²) in [6.45, 7) is 3.04. The largest absolute Gasteiger partial charge is 0.390 e. The van der Waals surface area contributed by atoms with Gasteiger partial charge in [0.1, 0.15) is 0 Å². The first-order valence-corrected chi connectivity index (χ1v) is 12.3. The molecular weight excluding hydrogens is 374 g/mol. The highest BCUT2D eigenvalue weighted by Crippen LogP contribution is 2.14. The van der Waals surface area contributed by atoms with E-state index in [0.717, 1.165) is 12.8 Å². The molecule has 4 nitrogen and oxygen atoms in total. The second-order valence-corrected chi connectivity index (χ2v) is 8.57. The van der Waals surface area contributed by atoms with E-state index in [2.05, 4.69) is 12.2 Å². The van der Waals surface area contributed by atoms with Crippen molar-refractivity contribution in [2.45, 2.75) is 109 Å². The first kappa shape index (κ1) is 26.8. The lowest BCUT2D eigenvalue weighted by atomic mass is 10.0. The van der Waals surface area contributed by atoms with Crippen LogP contribution in [0.3, 0.4) is 0 Å². The number of nitrogens with one attached hydrogen (secondary N) is 1. The molecule has 0 fully saturated rings. The number of hydrogen-bond donors (Lipinski definition) is 3. The molecule has 1 aromatic carbocycles. The van der Waals surface area contributed by atoms with Gasteiger partial charge in [-0.25, -0.2) is 0 Å². The summed E-state index contributed by atoms with van der Waals surface area (Å²) in [6.07, 6.45) is 15.3. The normalized spacial score (nSPS) is 13.3. The number of carbonyl (C=O) groups is 1. The molecule has 0 saturated carbocycles. The predicted molar refractivity (Wildman–Crippen MR) is 126 cm³/mol. The topological polar surface area (TPSA) is 69.6 Å². The summed E-state index contributed by atoms with van der Waals surface area (Å²) in [5.41, 5.74) is 0.692. The number of aliphatic hydroxyl groups excluding tert-OH is 2. The van der Waals surface area contributed by atoms with Crippen molar-refractivity contribution in [3.63, 3.8) is 0 Å². The standard InChI is InChI=1S/C26H45NO3/c1-2-3-4-5-6-7-8-9-10-11-12-16-19-24(28)25(29)20-21-27-22-26(30)23-17-14-13-15-18-23/h13-15,17-18,24-25,27-29H,2-12,16,19-22H2,1H3. The molecule has 2 unspecified atom stereocenters. The number of unbranched alkanes of at least 4 members (excludes halogenated alkanes) is 11. The summed E-state index contributed by atoms with van der Waals surface area (Å²) in [5, 5.41) is 23.3. The van der Waals surface area contributed by atoms with E-state index in [9.17, 15) is 15.0 Å². The molecule has 4 heteroatoms. The molecule has 3 N–H and O–H groups in total. The van der Waals surface area contributed by atoms with Gasteiger partial charge in [0, 0.05) is 5.56 Å². The maximum Gasteiger partial charge on any atom is 0.176 e. The van der Waals surface area contributed by atoms with Gasteiger partial charge in [0.2, 0.25) is 0 Å². The molecule has 2 atom stereocenters. The molecule has 0 aliphatic rings. The molecule has 0 aromatic heterocycles. The highest BCUT2D eigenvalue weighted by molar-refractivity contribution is 5.97. The maximum absolute atomic E-state index is 12.0. The van der Waals surface area contributed by atoms with E-state index in [-0.39, 0.29) is 12.3 Å². The lowest BCUT2D eigenvalue weighted by molar-refractivity contribution is 0.00886. The van der Waals surface area contributed by atoms with Crippen LogP contribution in [0.5, 0.6) is 0 Å². The SMILES string of the molecule is CCCCCCCCCCCCCCC(O)C(O)CCNCC(=O)c1ccccc1. The zero-order valence-electron chi connectivity index (χ0n) is 19.2. The van der Waals surface area contributed by atoms with Crippen LogP contribution < -0.4 is 5.32 Å². The Morgan fingerprint density at radius 1 is 0.767 bits per heavy atom. The van der Waals surface area contributed by atoms with Gasteiger partial charge >= 0.3 is 0 Å². The number of carbonyl (C=O) groups excluding carboxylic acids is 1. The second-order valence-electron chi connectivity index (χ2n) is 8.57. The van der Waals surface area contributed by atoms with Gasteiger partial charge in [-0.1, -0.05) is 114 Å². The minimum atomic E-state index is -0.725. The van der Waals surface area contributed by atoms with Crippen molar-refractivity contribution in [1.29, 1.82) is 0 Å². The number of ketones is 1. The van der Waals surface area contributed by atoms with Crippen molar-refractivity contribution >= 4 is 5.78 Å². The smallest absolute Gasteiger partial charge is 0.176 e. The molecule has 0 heterocycles. The fourth-order valence-electron chi connectivity index (χ4n) is 3.76. The minimum Gasteiger partial charge on any atom is -0.390 e. The van der Waals surface area contributed by atoms with Crippen molar-refractivity contribution in [2.24, 2.45) is 0 Å². The molecule has 0 aliphatic carbocycles. The zero-order valence-corrected chi connectivity index (χ0v) is 19.2. The van der Waals surface area contributed by atoms with Crippen LogP contribution in [-0.2, 0) is 0 Å². The first-order chi connectivity index (χ1) is 14.6. The van der Waals surface area contributed by atoms with Gasteiger partial charge in [0.05, 0.1) is 18.8 Å². The summed E-state index contributed by atoms with van der Waals surface area (Å²) >= 11 is 0. The van der Waals surface area contributed by atoms with Crippen LogP contribution in [0.15, 0.2) is 30.3 Å². The summed E-state index contributed by atoms with van der Waals surface area (Å²) in [5.74, 6) is 0.0436. The van der Waals surface area contributed by atoms with Gasteiger partial charge in [-0.05, 0) is 19.4 Å². The van der Waals surface area contributed by atoms with Gasteiger partial charge < -0.3 is 15.5 Å². The number of hydrogen-bond acceptors (Lipinski definition) is 4. The third-order valence-corrected chi connectivity index (χ3v) is 5.80. The van der Waals surface area contributed by atoms with Crippen LogP contribution in [0, 0.1) is 0 Å². The molecule has 1 aromatic rings. The quantitative estimate of drug-likeness (QED) is 0.188. The molecule has 0 radical (unpaired) electrons. The Morgan fingerprint density at radius 3 is 1.83 bits per heavy atom. The fourth-order valence-corrected chi connectivity index (χ4v) is 3.76. The molecule has 0 aliphatic heterocycles. The lowest BCUT2D eigenvalue weighted by Crippen LogP contribution is -2.32. The molecule has 0 amide bonds. The maximum atomic E-state index is 12.0. The Labute approximate surface area is 184 Å². The van der Waals surface area contributed by atoms with Gasteiger partial charge in [-0.2, -0.15) is 0 Å². The van der Waals surface area contributed by atoms with Gasteiger partial charge in [-0.15, -0.1) is 0 Å². The van der Waals surface area contributed by atoms with Gasteiger partial charge in [-0.3, -0.25) is 4.79 Å². The average molecular weight is 420 g/mol. The van der Waals surface area contributed by atoms with E-state index in [0.29, 0.717) is 24.9 Å². The summed E-state index contributed by atoms with van der Waals surface area (Å²) in [7, 11) is 0. The highest BCUT2D eigenvalue weighted by atomic mass is 16.3. The Kier molecular flexibility index (Phi) is 16.6. The first-order valence-electron chi connectivity index (χ1n) is 12.3. The van der Waals surface area contributed by atoms with E-state index in [1.54, 1.807) is 12.1 Å². The van der Waals surface area contributed by atoms with Crippen molar-refractivity contribution < 1.29 is 15.0 Å². The second kappa shape index (κ2) is 18.5. The predicted octanol–water partition coefficient (Wildman–Crippen LogP) is 5.66. The summed E-state index contributed by atoms with van der Waals surface area (Å²) in [6, 6.07) is 9.19. The molecule has 30 heavy (non-hydrogen) atoms.